The van der Waals surface area contributed by atoms with Gasteiger partial charge in [0.05, 0.1) is 19.8 Å². The van der Waals surface area contributed by atoms with E-state index < -0.39 is 12.1 Å². The third-order valence-corrected chi connectivity index (χ3v) is 3.92. The van der Waals surface area contributed by atoms with E-state index in [1.54, 1.807) is 37.4 Å². The van der Waals surface area contributed by atoms with Crippen LogP contribution in [0.1, 0.15) is 29.3 Å². The van der Waals surface area contributed by atoms with E-state index in [1.807, 2.05) is 26.0 Å². The van der Waals surface area contributed by atoms with Crippen LogP contribution in [0.5, 0.6) is 11.5 Å². The average molecular weight is 357 g/mol. The summed E-state index contributed by atoms with van der Waals surface area (Å²) in [6.45, 7) is 3.70. The van der Waals surface area contributed by atoms with Gasteiger partial charge in [-0.15, -0.1) is 0 Å². The summed E-state index contributed by atoms with van der Waals surface area (Å²) in [6, 6.07) is 12.2. The van der Waals surface area contributed by atoms with E-state index in [1.165, 1.54) is 7.11 Å². The van der Waals surface area contributed by atoms with Crippen molar-refractivity contribution < 1.29 is 23.8 Å². The third-order valence-electron chi connectivity index (χ3n) is 3.92. The molecule has 1 atom stereocenters. The second kappa shape index (κ2) is 8.89. The van der Waals surface area contributed by atoms with Crippen molar-refractivity contribution in [3.8, 4) is 11.5 Å². The van der Waals surface area contributed by atoms with E-state index in [0.29, 0.717) is 29.2 Å². The first-order chi connectivity index (χ1) is 12.5. The van der Waals surface area contributed by atoms with Gasteiger partial charge in [-0.1, -0.05) is 25.1 Å². The van der Waals surface area contributed by atoms with Crippen LogP contribution in [0, 0.1) is 6.92 Å². The number of esters is 1. The van der Waals surface area contributed by atoms with Gasteiger partial charge in [-0.2, -0.15) is 0 Å². The minimum atomic E-state index is -0.701. The smallest absolute Gasteiger partial charge is 0.337 e. The number of amides is 1. The number of ether oxygens (including phenoxy) is 3. The van der Waals surface area contributed by atoms with E-state index in [2.05, 4.69) is 5.32 Å². The Morgan fingerprint density at radius 3 is 2.38 bits per heavy atom. The first-order valence-corrected chi connectivity index (χ1v) is 8.29. The molecule has 0 radical (unpaired) electrons. The highest BCUT2D eigenvalue weighted by atomic mass is 16.5. The van der Waals surface area contributed by atoms with Gasteiger partial charge >= 0.3 is 5.97 Å². The van der Waals surface area contributed by atoms with Crippen LogP contribution in [0.25, 0.3) is 0 Å². The highest BCUT2D eigenvalue weighted by molar-refractivity contribution is 5.97. The van der Waals surface area contributed by atoms with Gasteiger partial charge in [0.1, 0.15) is 0 Å². The number of methoxy groups -OCH3 is 2. The van der Waals surface area contributed by atoms with Crippen LogP contribution in [-0.4, -0.2) is 32.2 Å². The molecule has 0 aliphatic rings. The largest absolute Gasteiger partial charge is 0.493 e. The van der Waals surface area contributed by atoms with Gasteiger partial charge < -0.3 is 19.5 Å². The minimum Gasteiger partial charge on any atom is -0.493 e. The normalized spacial score (nSPS) is 11.4. The Morgan fingerprint density at radius 2 is 1.77 bits per heavy atom. The molecule has 0 aliphatic carbocycles. The maximum atomic E-state index is 12.7. The van der Waals surface area contributed by atoms with E-state index in [0.717, 1.165) is 5.56 Å². The number of nitrogens with one attached hydrogen (secondary N) is 1. The summed E-state index contributed by atoms with van der Waals surface area (Å²) >= 11 is 0. The molecular formula is C20H23NO5. The zero-order valence-electron chi connectivity index (χ0n) is 15.4. The minimum absolute atomic E-state index is 0.302. The van der Waals surface area contributed by atoms with Crippen LogP contribution in [0.2, 0.25) is 0 Å². The molecule has 138 valence electrons. The first kappa shape index (κ1) is 19.3. The highest BCUT2D eigenvalue weighted by Crippen LogP contribution is 2.28. The van der Waals surface area contributed by atoms with Crippen LogP contribution >= 0.6 is 0 Å². The van der Waals surface area contributed by atoms with Crippen molar-refractivity contribution in [1.29, 1.82) is 0 Å². The molecule has 0 heterocycles. The van der Waals surface area contributed by atoms with Crippen molar-refractivity contribution in [3.63, 3.8) is 0 Å². The molecule has 6 heteroatoms. The number of para-hydroxylation sites is 2. The third kappa shape index (κ3) is 4.53. The van der Waals surface area contributed by atoms with Crippen LogP contribution in [-0.2, 0) is 9.53 Å². The second-order valence-electron chi connectivity index (χ2n) is 5.68. The van der Waals surface area contributed by atoms with Gasteiger partial charge in [-0.25, -0.2) is 4.79 Å². The SMILES string of the molecule is CC[C@@H](Oc1ccccc1OC)C(=O)Nc1cc(C(=O)OC)ccc1C. The molecule has 0 spiro atoms. The zero-order chi connectivity index (χ0) is 19.1. The number of hydrogen-bond acceptors (Lipinski definition) is 5. The lowest BCUT2D eigenvalue weighted by Crippen LogP contribution is -2.32. The summed E-state index contributed by atoms with van der Waals surface area (Å²) in [5.41, 5.74) is 1.74. The summed E-state index contributed by atoms with van der Waals surface area (Å²) in [4.78, 5) is 24.3. The molecule has 1 N–H and O–H groups in total. The Hall–Kier alpha value is -3.02. The van der Waals surface area contributed by atoms with Gasteiger partial charge in [0, 0.05) is 5.69 Å². The molecule has 1 amide bonds. The molecule has 0 fully saturated rings. The molecule has 2 rings (SSSR count). The molecular weight excluding hydrogens is 334 g/mol. The highest BCUT2D eigenvalue weighted by Gasteiger charge is 2.21. The molecule has 2 aromatic carbocycles. The molecule has 2 aromatic rings. The number of hydrogen-bond donors (Lipinski definition) is 1. The fourth-order valence-corrected chi connectivity index (χ4v) is 2.41. The van der Waals surface area contributed by atoms with E-state index >= 15 is 0 Å². The first-order valence-electron chi connectivity index (χ1n) is 8.29. The Morgan fingerprint density at radius 1 is 1.08 bits per heavy atom. The van der Waals surface area contributed by atoms with Crippen molar-refractivity contribution in [1.82, 2.24) is 0 Å². The Balaban J connectivity index is 2.18. The fourth-order valence-electron chi connectivity index (χ4n) is 2.41. The predicted molar refractivity (Wildman–Crippen MR) is 98.8 cm³/mol. The number of anilines is 1. The lowest BCUT2D eigenvalue weighted by molar-refractivity contribution is -0.122. The van der Waals surface area contributed by atoms with Crippen LogP contribution in [0.15, 0.2) is 42.5 Å². The number of carbonyl (C=O) groups excluding carboxylic acids is 2. The lowest BCUT2D eigenvalue weighted by atomic mass is 10.1. The number of benzene rings is 2. The van der Waals surface area contributed by atoms with Gasteiger partial charge in [0.25, 0.3) is 5.91 Å². The number of carbonyl (C=O) groups is 2. The monoisotopic (exact) mass is 357 g/mol. The standard InChI is InChI=1S/C20H23NO5/c1-5-16(26-18-9-7-6-8-17(18)24-3)19(22)21-15-12-14(20(23)25-4)11-10-13(15)2/h6-12,16H,5H2,1-4H3,(H,21,22)/t16-/m1/s1. The van der Waals surface area contributed by atoms with Crippen molar-refractivity contribution in [2.24, 2.45) is 0 Å². The zero-order valence-corrected chi connectivity index (χ0v) is 15.4. The molecule has 0 bridgehead atoms. The van der Waals surface area contributed by atoms with Gasteiger partial charge in [-0.3, -0.25) is 4.79 Å². The molecule has 0 saturated heterocycles. The van der Waals surface area contributed by atoms with Crippen molar-refractivity contribution in [2.75, 3.05) is 19.5 Å². The number of rotatable bonds is 7. The van der Waals surface area contributed by atoms with Crippen LogP contribution in [0.3, 0.4) is 0 Å². The molecule has 26 heavy (non-hydrogen) atoms. The van der Waals surface area contributed by atoms with Gasteiger partial charge in [0.15, 0.2) is 17.6 Å². The van der Waals surface area contributed by atoms with E-state index in [-0.39, 0.29) is 5.91 Å². The maximum absolute atomic E-state index is 12.7. The maximum Gasteiger partial charge on any atom is 0.337 e. The van der Waals surface area contributed by atoms with Gasteiger partial charge in [0.2, 0.25) is 0 Å². The topological polar surface area (TPSA) is 73.9 Å². The molecule has 0 unspecified atom stereocenters. The van der Waals surface area contributed by atoms with E-state index in [9.17, 15) is 9.59 Å². The summed E-state index contributed by atoms with van der Waals surface area (Å²) in [7, 11) is 2.86. The van der Waals surface area contributed by atoms with Crippen LogP contribution in [0.4, 0.5) is 5.69 Å². The Labute approximate surface area is 153 Å². The summed E-state index contributed by atoms with van der Waals surface area (Å²) in [5.74, 6) is 0.293. The van der Waals surface area contributed by atoms with Crippen molar-refractivity contribution in [3.05, 3.63) is 53.6 Å². The molecule has 0 aliphatic heterocycles. The predicted octanol–water partition coefficient (Wildman–Crippen LogP) is 3.59. The molecule has 6 nitrogen and oxygen atoms in total. The molecule has 0 saturated carbocycles. The summed E-state index contributed by atoms with van der Waals surface area (Å²) < 4.78 is 15.8. The molecule has 0 aromatic heterocycles. The Bertz CT molecular complexity index is 788. The Kier molecular flexibility index (Phi) is 6.60. The van der Waals surface area contributed by atoms with Crippen molar-refractivity contribution in [2.45, 2.75) is 26.4 Å². The lowest BCUT2D eigenvalue weighted by Gasteiger charge is -2.19. The summed E-state index contributed by atoms with van der Waals surface area (Å²) in [5, 5.41) is 2.83. The number of aryl methyl sites for hydroxylation is 1. The van der Waals surface area contributed by atoms with Gasteiger partial charge in [-0.05, 0) is 43.2 Å². The summed E-state index contributed by atoms with van der Waals surface area (Å²) in [6.07, 6.45) is -0.230. The van der Waals surface area contributed by atoms with Crippen molar-refractivity contribution >= 4 is 17.6 Å². The van der Waals surface area contributed by atoms with Crippen LogP contribution < -0.4 is 14.8 Å². The fraction of sp³-hybridized carbons (Fsp3) is 0.300. The quantitative estimate of drug-likeness (QED) is 0.767. The second-order valence-corrected chi connectivity index (χ2v) is 5.68. The van der Waals surface area contributed by atoms with E-state index in [4.69, 9.17) is 14.2 Å². The average Bonchev–Trinajstić information content (AvgIpc) is 2.67.